The highest BCUT2D eigenvalue weighted by Gasteiger charge is 2.33. The molecule has 0 radical (unpaired) electrons. The summed E-state index contributed by atoms with van der Waals surface area (Å²) in [5.41, 5.74) is 6.32. The number of carbonyl (C=O) groups is 1. The first-order chi connectivity index (χ1) is 13.6. The standard InChI is InChI=1S/C24H23N3O/c1-16-13-18-7-3-5-9-22(18)26(16)20-11-12-25-21(15-20)24(28)27-17(2)14-19-8-4-6-10-23(19)27/h3-12,15-17H,13-14H2,1-2H3. The molecule has 4 heteroatoms. The van der Waals surface area contributed by atoms with E-state index in [0.29, 0.717) is 11.7 Å². The van der Waals surface area contributed by atoms with Gasteiger partial charge in [0.25, 0.3) is 5.91 Å². The lowest BCUT2D eigenvalue weighted by molar-refractivity contribution is 0.0976. The minimum Gasteiger partial charge on any atom is -0.338 e. The number of nitrogens with zero attached hydrogens (tertiary/aromatic N) is 3. The van der Waals surface area contributed by atoms with Gasteiger partial charge in [0.15, 0.2) is 0 Å². The molecule has 2 aliphatic rings. The molecule has 0 spiro atoms. The number of fused-ring (bicyclic) bond motifs is 2. The molecule has 0 saturated heterocycles. The molecule has 2 unspecified atom stereocenters. The van der Waals surface area contributed by atoms with Gasteiger partial charge in [-0.1, -0.05) is 36.4 Å². The van der Waals surface area contributed by atoms with E-state index in [9.17, 15) is 4.79 Å². The molecule has 2 aromatic carbocycles. The molecular formula is C24H23N3O. The van der Waals surface area contributed by atoms with Gasteiger partial charge in [-0.05, 0) is 62.1 Å². The Morgan fingerprint density at radius 1 is 0.893 bits per heavy atom. The zero-order valence-electron chi connectivity index (χ0n) is 16.2. The van der Waals surface area contributed by atoms with Gasteiger partial charge in [0.1, 0.15) is 5.69 Å². The Morgan fingerprint density at radius 2 is 1.54 bits per heavy atom. The Kier molecular flexibility index (Phi) is 3.93. The summed E-state index contributed by atoms with van der Waals surface area (Å²) in [6, 6.07) is 21.1. The molecule has 28 heavy (non-hydrogen) atoms. The zero-order valence-corrected chi connectivity index (χ0v) is 16.2. The van der Waals surface area contributed by atoms with Crippen LogP contribution in [0.3, 0.4) is 0 Å². The Hall–Kier alpha value is -3.14. The van der Waals surface area contributed by atoms with Crippen molar-refractivity contribution in [2.45, 2.75) is 38.8 Å². The first-order valence-electron chi connectivity index (χ1n) is 9.88. The summed E-state index contributed by atoms with van der Waals surface area (Å²) in [7, 11) is 0. The number of anilines is 3. The van der Waals surface area contributed by atoms with Gasteiger partial charge in [0, 0.05) is 35.3 Å². The van der Waals surface area contributed by atoms with Gasteiger partial charge in [0.05, 0.1) is 0 Å². The van der Waals surface area contributed by atoms with E-state index in [4.69, 9.17) is 0 Å². The van der Waals surface area contributed by atoms with Crippen LogP contribution >= 0.6 is 0 Å². The minimum atomic E-state index is -0.0283. The predicted molar refractivity (Wildman–Crippen MR) is 112 cm³/mol. The van der Waals surface area contributed by atoms with E-state index in [2.05, 4.69) is 54.1 Å². The third kappa shape index (κ3) is 2.60. The number of rotatable bonds is 2. The molecule has 140 valence electrons. The van der Waals surface area contributed by atoms with Crippen LogP contribution < -0.4 is 9.80 Å². The summed E-state index contributed by atoms with van der Waals surface area (Å²) in [5.74, 6) is -0.0283. The minimum absolute atomic E-state index is 0.0283. The maximum Gasteiger partial charge on any atom is 0.277 e. The van der Waals surface area contributed by atoms with Crippen molar-refractivity contribution >= 4 is 23.0 Å². The van der Waals surface area contributed by atoms with Gasteiger partial charge in [-0.2, -0.15) is 0 Å². The highest BCUT2D eigenvalue weighted by Crippen LogP contribution is 2.38. The second-order valence-electron chi connectivity index (χ2n) is 7.81. The average molecular weight is 369 g/mol. The monoisotopic (exact) mass is 369 g/mol. The summed E-state index contributed by atoms with van der Waals surface area (Å²) in [5, 5.41) is 0. The molecule has 3 aromatic rings. The van der Waals surface area contributed by atoms with Gasteiger partial charge in [-0.15, -0.1) is 0 Å². The molecule has 1 aromatic heterocycles. The SMILES string of the molecule is CC1Cc2ccccc2N1C(=O)c1cc(N2c3ccccc3CC2C)ccn1. The summed E-state index contributed by atoms with van der Waals surface area (Å²) in [4.78, 5) is 22.0. The van der Waals surface area contributed by atoms with Crippen LogP contribution in [0.1, 0.15) is 35.5 Å². The van der Waals surface area contributed by atoms with Crippen molar-refractivity contribution in [2.24, 2.45) is 0 Å². The van der Waals surface area contributed by atoms with Crippen LogP contribution in [0.2, 0.25) is 0 Å². The molecule has 0 fully saturated rings. The number of amides is 1. The quantitative estimate of drug-likeness (QED) is 0.654. The van der Waals surface area contributed by atoms with Crippen LogP contribution in [0, 0.1) is 0 Å². The Bertz CT molecular complexity index is 1060. The highest BCUT2D eigenvalue weighted by atomic mass is 16.2. The van der Waals surface area contributed by atoms with Crippen LogP contribution in [-0.2, 0) is 12.8 Å². The topological polar surface area (TPSA) is 36.4 Å². The molecule has 2 atom stereocenters. The fraction of sp³-hybridized carbons (Fsp3) is 0.250. The van der Waals surface area contributed by atoms with Gasteiger partial charge in [-0.25, -0.2) is 0 Å². The van der Waals surface area contributed by atoms with Crippen LogP contribution in [0.5, 0.6) is 0 Å². The number of aromatic nitrogens is 1. The maximum atomic E-state index is 13.4. The second-order valence-corrected chi connectivity index (χ2v) is 7.81. The van der Waals surface area contributed by atoms with E-state index in [1.165, 1.54) is 16.8 Å². The third-order valence-corrected chi connectivity index (χ3v) is 5.87. The molecule has 2 aliphatic heterocycles. The highest BCUT2D eigenvalue weighted by molar-refractivity contribution is 6.07. The predicted octanol–water partition coefficient (Wildman–Crippen LogP) is 4.76. The summed E-state index contributed by atoms with van der Waals surface area (Å²) < 4.78 is 0. The van der Waals surface area contributed by atoms with Gasteiger partial charge in [0.2, 0.25) is 0 Å². The van der Waals surface area contributed by atoms with Crippen molar-refractivity contribution in [3.8, 4) is 0 Å². The summed E-state index contributed by atoms with van der Waals surface area (Å²) >= 11 is 0. The molecule has 0 saturated carbocycles. The molecule has 5 rings (SSSR count). The van der Waals surface area contributed by atoms with Crippen molar-refractivity contribution in [3.05, 3.63) is 83.7 Å². The van der Waals surface area contributed by atoms with Crippen LogP contribution in [0.15, 0.2) is 66.9 Å². The number of para-hydroxylation sites is 2. The van der Waals surface area contributed by atoms with E-state index in [0.717, 1.165) is 24.2 Å². The Labute approximate surface area is 165 Å². The second kappa shape index (κ2) is 6.48. The lowest BCUT2D eigenvalue weighted by Crippen LogP contribution is -2.36. The summed E-state index contributed by atoms with van der Waals surface area (Å²) in [6.07, 6.45) is 3.65. The first-order valence-corrected chi connectivity index (χ1v) is 9.88. The fourth-order valence-electron chi connectivity index (χ4n) is 4.64. The maximum absolute atomic E-state index is 13.4. The van der Waals surface area contributed by atoms with E-state index < -0.39 is 0 Å². The van der Waals surface area contributed by atoms with E-state index in [-0.39, 0.29) is 11.9 Å². The average Bonchev–Trinajstić information content (AvgIpc) is 3.22. The number of pyridine rings is 1. The van der Waals surface area contributed by atoms with Gasteiger partial charge < -0.3 is 9.80 Å². The van der Waals surface area contributed by atoms with E-state index in [1.807, 2.05) is 35.2 Å². The zero-order chi connectivity index (χ0) is 19.3. The molecule has 3 heterocycles. The normalized spacial score (nSPS) is 20.2. The first kappa shape index (κ1) is 17.0. The lowest BCUT2D eigenvalue weighted by Gasteiger charge is -2.26. The largest absolute Gasteiger partial charge is 0.338 e. The van der Waals surface area contributed by atoms with Crippen molar-refractivity contribution in [1.29, 1.82) is 0 Å². The number of hydrogen-bond donors (Lipinski definition) is 0. The number of hydrogen-bond acceptors (Lipinski definition) is 3. The Morgan fingerprint density at radius 3 is 2.32 bits per heavy atom. The van der Waals surface area contributed by atoms with Crippen LogP contribution in [-0.4, -0.2) is 23.0 Å². The number of benzene rings is 2. The van der Waals surface area contributed by atoms with E-state index >= 15 is 0 Å². The van der Waals surface area contributed by atoms with Crippen molar-refractivity contribution < 1.29 is 4.79 Å². The molecular weight excluding hydrogens is 346 g/mol. The van der Waals surface area contributed by atoms with Crippen molar-refractivity contribution in [3.63, 3.8) is 0 Å². The Balaban J connectivity index is 1.51. The molecule has 0 aliphatic carbocycles. The van der Waals surface area contributed by atoms with Crippen molar-refractivity contribution in [1.82, 2.24) is 4.98 Å². The molecule has 0 N–H and O–H groups in total. The van der Waals surface area contributed by atoms with Crippen LogP contribution in [0.25, 0.3) is 0 Å². The molecule has 4 nitrogen and oxygen atoms in total. The van der Waals surface area contributed by atoms with E-state index in [1.54, 1.807) is 6.20 Å². The van der Waals surface area contributed by atoms with Gasteiger partial charge >= 0.3 is 0 Å². The van der Waals surface area contributed by atoms with Crippen molar-refractivity contribution in [2.75, 3.05) is 9.80 Å². The number of carbonyl (C=O) groups excluding carboxylic acids is 1. The fourth-order valence-corrected chi connectivity index (χ4v) is 4.64. The molecule has 1 amide bonds. The van der Waals surface area contributed by atoms with Crippen LogP contribution in [0.4, 0.5) is 17.1 Å². The summed E-state index contributed by atoms with van der Waals surface area (Å²) in [6.45, 7) is 4.32. The molecule has 0 bridgehead atoms. The van der Waals surface area contributed by atoms with Gasteiger partial charge in [-0.3, -0.25) is 9.78 Å². The third-order valence-electron chi connectivity index (χ3n) is 5.87. The smallest absolute Gasteiger partial charge is 0.277 e. The lowest BCUT2D eigenvalue weighted by atomic mass is 10.1.